The number of hydrogen-bond acceptors (Lipinski definition) is 5. The first-order valence-corrected chi connectivity index (χ1v) is 6.66. The highest BCUT2D eigenvalue weighted by Gasteiger charge is 2.09. The molecule has 0 atom stereocenters. The SMILES string of the molecule is O=C(/C=C/c1ccc([N+](=O)[O-])cc1)Nc1ccc(C(=O)O)cc1O. The highest BCUT2D eigenvalue weighted by atomic mass is 16.6. The van der Waals surface area contributed by atoms with Gasteiger partial charge in [-0.05, 0) is 42.0 Å². The van der Waals surface area contributed by atoms with Crippen LogP contribution in [0.1, 0.15) is 15.9 Å². The Labute approximate surface area is 135 Å². The second kappa shape index (κ2) is 7.05. The van der Waals surface area contributed by atoms with Crippen LogP contribution < -0.4 is 5.32 Å². The molecule has 0 aromatic heterocycles. The summed E-state index contributed by atoms with van der Waals surface area (Å²) in [5.41, 5.74) is 0.492. The smallest absolute Gasteiger partial charge is 0.335 e. The number of aromatic carboxylic acids is 1. The predicted molar refractivity (Wildman–Crippen MR) is 85.8 cm³/mol. The molecule has 0 heterocycles. The molecule has 8 nitrogen and oxygen atoms in total. The second-order valence-corrected chi connectivity index (χ2v) is 4.71. The number of nitro benzene ring substituents is 1. The summed E-state index contributed by atoms with van der Waals surface area (Å²) in [7, 11) is 0. The quantitative estimate of drug-likeness (QED) is 0.335. The lowest BCUT2D eigenvalue weighted by atomic mass is 10.2. The van der Waals surface area contributed by atoms with Crippen molar-refractivity contribution in [2.45, 2.75) is 0 Å². The van der Waals surface area contributed by atoms with Gasteiger partial charge in [-0.2, -0.15) is 0 Å². The van der Waals surface area contributed by atoms with Crippen LogP contribution in [-0.2, 0) is 4.79 Å². The first-order chi connectivity index (χ1) is 11.4. The molecule has 122 valence electrons. The van der Waals surface area contributed by atoms with E-state index in [2.05, 4.69) is 5.32 Å². The molecule has 1 amide bonds. The van der Waals surface area contributed by atoms with Gasteiger partial charge >= 0.3 is 5.97 Å². The van der Waals surface area contributed by atoms with Gasteiger partial charge in [-0.25, -0.2) is 4.79 Å². The fraction of sp³-hybridized carbons (Fsp3) is 0. The summed E-state index contributed by atoms with van der Waals surface area (Å²) in [5.74, 6) is -2.11. The van der Waals surface area contributed by atoms with Gasteiger partial charge in [0.15, 0.2) is 0 Å². The maximum absolute atomic E-state index is 11.8. The molecule has 0 saturated heterocycles. The molecule has 0 radical (unpaired) electrons. The standard InChI is InChI=1S/C16H12N2O6/c19-14-9-11(16(21)22)4-7-13(14)17-15(20)8-3-10-1-5-12(6-2-10)18(23)24/h1-9,19H,(H,17,20)(H,21,22)/b8-3+. The summed E-state index contributed by atoms with van der Waals surface area (Å²) in [6, 6.07) is 9.15. The minimum Gasteiger partial charge on any atom is -0.506 e. The van der Waals surface area contributed by atoms with Crippen LogP contribution in [0, 0.1) is 10.1 Å². The molecule has 0 spiro atoms. The Hall–Kier alpha value is -3.68. The number of rotatable bonds is 5. The van der Waals surface area contributed by atoms with Gasteiger partial charge in [0.25, 0.3) is 5.69 Å². The predicted octanol–water partition coefficient (Wildman–Crippen LogP) is 2.65. The molecule has 24 heavy (non-hydrogen) atoms. The minimum atomic E-state index is -1.19. The molecule has 0 unspecified atom stereocenters. The summed E-state index contributed by atoms with van der Waals surface area (Å²) < 4.78 is 0. The summed E-state index contributed by atoms with van der Waals surface area (Å²) in [6.45, 7) is 0. The lowest BCUT2D eigenvalue weighted by Gasteiger charge is -2.05. The monoisotopic (exact) mass is 328 g/mol. The number of aromatic hydroxyl groups is 1. The van der Waals surface area contributed by atoms with E-state index in [0.717, 1.165) is 6.07 Å². The number of hydrogen-bond donors (Lipinski definition) is 3. The number of non-ortho nitro benzene ring substituents is 1. The lowest BCUT2D eigenvalue weighted by molar-refractivity contribution is -0.384. The minimum absolute atomic E-state index is 0.0555. The molecule has 8 heteroatoms. The van der Waals surface area contributed by atoms with E-state index in [9.17, 15) is 24.8 Å². The van der Waals surface area contributed by atoms with Crippen LogP contribution in [0.15, 0.2) is 48.5 Å². The van der Waals surface area contributed by atoms with Crippen molar-refractivity contribution < 1.29 is 24.7 Å². The number of carboxylic acid groups (broad SMARTS) is 1. The molecule has 0 saturated carbocycles. The van der Waals surface area contributed by atoms with E-state index in [4.69, 9.17) is 5.11 Å². The number of phenolic OH excluding ortho intramolecular Hbond substituents is 1. The van der Waals surface area contributed by atoms with Crippen LogP contribution in [0.4, 0.5) is 11.4 Å². The third-order valence-corrected chi connectivity index (χ3v) is 3.03. The van der Waals surface area contributed by atoms with Gasteiger partial charge in [-0.3, -0.25) is 14.9 Å². The van der Waals surface area contributed by atoms with Crippen molar-refractivity contribution in [1.29, 1.82) is 0 Å². The molecule has 0 bridgehead atoms. The molecule has 2 rings (SSSR count). The Balaban J connectivity index is 2.05. The lowest BCUT2D eigenvalue weighted by Crippen LogP contribution is -2.08. The topological polar surface area (TPSA) is 130 Å². The van der Waals surface area contributed by atoms with Gasteiger partial charge < -0.3 is 15.5 Å². The average molecular weight is 328 g/mol. The van der Waals surface area contributed by atoms with Crippen LogP contribution in [0.2, 0.25) is 0 Å². The van der Waals surface area contributed by atoms with Crippen LogP contribution in [0.5, 0.6) is 5.75 Å². The van der Waals surface area contributed by atoms with E-state index in [0.29, 0.717) is 5.56 Å². The van der Waals surface area contributed by atoms with Gasteiger partial charge in [0.1, 0.15) is 5.75 Å². The molecule has 0 aliphatic rings. The largest absolute Gasteiger partial charge is 0.506 e. The van der Waals surface area contributed by atoms with Crippen LogP contribution >= 0.6 is 0 Å². The number of nitrogens with zero attached hydrogens (tertiary/aromatic N) is 1. The van der Waals surface area contributed by atoms with Crippen molar-refractivity contribution in [3.05, 3.63) is 69.8 Å². The zero-order valence-corrected chi connectivity index (χ0v) is 12.2. The zero-order chi connectivity index (χ0) is 17.7. The van der Waals surface area contributed by atoms with E-state index >= 15 is 0 Å². The van der Waals surface area contributed by atoms with Gasteiger partial charge in [0.2, 0.25) is 5.91 Å². The maximum Gasteiger partial charge on any atom is 0.335 e. The van der Waals surface area contributed by atoms with Crippen LogP contribution in [-0.4, -0.2) is 27.0 Å². The molecule has 0 aliphatic heterocycles. The number of phenols is 1. The number of nitro groups is 1. The van der Waals surface area contributed by atoms with Crippen molar-refractivity contribution in [1.82, 2.24) is 0 Å². The second-order valence-electron chi connectivity index (χ2n) is 4.71. The summed E-state index contributed by atoms with van der Waals surface area (Å²) in [4.78, 5) is 32.6. The molecule has 0 aliphatic carbocycles. The Morgan fingerprint density at radius 3 is 2.33 bits per heavy atom. The summed E-state index contributed by atoms with van der Waals surface area (Å²) in [6.07, 6.45) is 2.63. The van der Waals surface area contributed by atoms with Gasteiger partial charge in [0, 0.05) is 18.2 Å². The fourth-order valence-corrected chi connectivity index (χ4v) is 1.82. The summed E-state index contributed by atoms with van der Waals surface area (Å²) in [5, 5.41) is 31.4. The van der Waals surface area contributed by atoms with E-state index in [1.807, 2.05) is 0 Å². The average Bonchev–Trinajstić information content (AvgIpc) is 2.55. The highest BCUT2D eigenvalue weighted by molar-refractivity contribution is 6.03. The molecule has 2 aromatic carbocycles. The van der Waals surface area contributed by atoms with Crippen molar-refractivity contribution in [3.63, 3.8) is 0 Å². The van der Waals surface area contributed by atoms with Crippen molar-refractivity contribution in [2.75, 3.05) is 5.32 Å². The van der Waals surface area contributed by atoms with E-state index in [1.54, 1.807) is 0 Å². The van der Waals surface area contributed by atoms with Crippen molar-refractivity contribution in [3.8, 4) is 5.75 Å². The Bertz CT molecular complexity index is 827. The summed E-state index contributed by atoms with van der Waals surface area (Å²) >= 11 is 0. The fourth-order valence-electron chi connectivity index (χ4n) is 1.82. The number of amides is 1. The number of carboxylic acids is 1. The first kappa shape index (κ1) is 16.7. The first-order valence-electron chi connectivity index (χ1n) is 6.66. The Morgan fingerprint density at radius 2 is 1.79 bits per heavy atom. The van der Waals surface area contributed by atoms with Crippen molar-refractivity contribution >= 4 is 29.3 Å². The van der Waals surface area contributed by atoms with Gasteiger partial charge in [0.05, 0.1) is 16.2 Å². The van der Waals surface area contributed by atoms with Gasteiger partial charge in [-0.15, -0.1) is 0 Å². The van der Waals surface area contributed by atoms with E-state index in [1.165, 1.54) is 48.6 Å². The number of anilines is 1. The highest BCUT2D eigenvalue weighted by Crippen LogP contribution is 2.24. The van der Waals surface area contributed by atoms with E-state index < -0.39 is 16.8 Å². The zero-order valence-electron chi connectivity index (χ0n) is 12.2. The molecule has 2 aromatic rings. The molecule has 0 fully saturated rings. The van der Waals surface area contributed by atoms with E-state index in [-0.39, 0.29) is 22.7 Å². The number of nitrogens with one attached hydrogen (secondary N) is 1. The Kier molecular flexibility index (Phi) is 4.90. The number of carbonyl (C=O) groups excluding carboxylic acids is 1. The van der Waals surface area contributed by atoms with Crippen LogP contribution in [0.3, 0.4) is 0 Å². The Morgan fingerprint density at radius 1 is 1.12 bits per heavy atom. The number of benzene rings is 2. The molecular weight excluding hydrogens is 316 g/mol. The normalized spacial score (nSPS) is 10.5. The third-order valence-electron chi connectivity index (χ3n) is 3.03. The third kappa shape index (κ3) is 4.17. The number of carbonyl (C=O) groups is 2. The van der Waals surface area contributed by atoms with Crippen LogP contribution in [0.25, 0.3) is 6.08 Å². The molecule has 3 N–H and O–H groups in total. The maximum atomic E-state index is 11.8. The molecular formula is C16H12N2O6. The van der Waals surface area contributed by atoms with Gasteiger partial charge in [-0.1, -0.05) is 0 Å². The van der Waals surface area contributed by atoms with Crippen molar-refractivity contribution in [2.24, 2.45) is 0 Å².